The van der Waals surface area contributed by atoms with Crippen LogP contribution in [0.5, 0.6) is 0 Å². The van der Waals surface area contributed by atoms with Crippen molar-refractivity contribution in [3.63, 3.8) is 0 Å². The van der Waals surface area contributed by atoms with Crippen molar-refractivity contribution in [1.82, 2.24) is 15.6 Å². The highest BCUT2D eigenvalue weighted by Gasteiger charge is 2.15. The Balaban J connectivity index is 1.89. The summed E-state index contributed by atoms with van der Waals surface area (Å²) in [4.78, 5) is 16.2. The highest BCUT2D eigenvalue weighted by atomic mass is 16.3. The van der Waals surface area contributed by atoms with Crippen molar-refractivity contribution in [1.29, 1.82) is 0 Å². The number of amides is 2. The van der Waals surface area contributed by atoms with Crippen LogP contribution in [0, 0.1) is 5.92 Å². The molecule has 1 aromatic heterocycles. The topological polar surface area (TPSA) is 67.2 Å². The third-order valence-electron chi connectivity index (χ3n) is 3.66. The number of urea groups is 1. The van der Waals surface area contributed by atoms with E-state index in [0.717, 1.165) is 11.1 Å². The first-order valence-electron chi connectivity index (χ1n) is 7.37. The summed E-state index contributed by atoms with van der Waals surface area (Å²) in [6.45, 7) is 8.62. The third-order valence-corrected chi connectivity index (χ3v) is 3.66. The predicted molar refractivity (Wildman–Crippen MR) is 83.3 cm³/mol. The van der Waals surface area contributed by atoms with Crippen LogP contribution in [0.3, 0.4) is 0 Å². The minimum Gasteiger partial charge on any atom is -0.440 e. The second-order valence-electron chi connectivity index (χ2n) is 5.81. The van der Waals surface area contributed by atoms with Crippen LogP contribution in [-0.2, 0) is 0 Å². The van der Waals surface area contributed by atoms with Crippen LogP contribution in [0.2, 0.25) is 0 Å². The van der Waals surface area contributed by atoms with Gasteiger partial charge in [-0.2, -0.15) is 0 Å². The van der Waals surface area contributed by atoms with Crippen molar-refractivity contribution in [2.75, 3.05) is 6.54 Å². The minimum absolute atomic E-state index is 0.0255. The number of hydrogen-bond acceptors (Lipinski definition) is 3. The van der Waals surface area contributed by atoms with E-state index >= 15 is 0 Å². The molecule has 21 heavy (non-hydrogen) atoms. The smallest absolute Gasteiger partial charge is 0.315 e. The number of carbonyl (C=O) groups is 1. The third kappa shape index (κ3) is 3.97. The lowest BCUT2D eigenvalue weighted by molar-refractivity contribution is 0.233. The molecule has 1 heterocycles. The van der Waals surface area contributed by atoms with Gasteiger partial charge in [0, 0.05) is 12.6 Å². The van der Waals surface area contributed by atoms with E-state index in [1.54, 1.807) is 0 Å². The van der Waals surface area contributed by atoms with Gasteiger partial charge in [-0.15, -0.1) is 0 Å². The molecule has 2 rings (SSSR count). The monoisotopic (exact) mass is 289 g/mol. The maximum Gasteiger partial charge on any atom is 0.315 e. The molecule has 0 saturated carbocycles. The van der Waals surface area contributed by atoms with E-state index in [0.29, 0.717) is 18.4 Å². The van der Waals surface area contributed by atoms with Gasteiger partial charge in [-0.05, 0) is 25.0 Å². The molecule has 2 aromatic rings. The van der Waals surface area contributed by atoms with E-state index in [9.17, 15) is 4.79 Å². The SMILES string of the molecule is CC(C)[C@@H](C)NC(=O)NC[C@@H](C)c1nc2ccccc2o1. The molecule has 0 spiro atoms. The Morgan fingerprint density at radius 2 is 1.95 bits per heavy atom. The fourth-order valence-corrected chi connectivity index (χ4v) is 1.86. The average molecular weight is 289 g/mol. The maximum atomic E-state index is 11.8. The number of oxazole rings is 1. The molecule has 2 amide bonds. The molecule has 0 aliphatic heterocycles. The molecule has 0 fully saturated rings. The first-order valence-corrected chi connectivity index (χ1v) is 7.37. The highest BCUT2D eigenvalue weighted by molar-refractivity contribution is 5.74. The second-order valence-corrected chi connectivity index (χ2v) is 5.81. The van der Waals surface area contributed by atoms with Gasteiger partial charge in [0.2, 0.25) is 0 Å². The lowest BCUT2D eigenvalue weighted by Crippen LogP contribution is -2.43. The van der Waals surface area contributed by atoms with Crippen molar-refractivity contribution in [3.05, 3.63) is 30.2 Å². The molecule has 1 aromatic carbocycles. The first kappa shape index (κ1) is 15.4. The number of para-hydroxylation sites is 2. The Bertz CT molecular complexity index is 573. The van der Waals surface area contributed by atoms with Crippen molar-refractivity contribution in [2.45, 2.75) is 39.7 Å². The van der Waals surface area contributed by atoms with Crippen molar-refractivity contribution < 1.29 is 9.21 Å². The number of nitrogens with zero attached hydrogens (tertiary/aromatic N) is 1. The first-order chi connectivity index (χ1) is 9.97. The molecule has 0 aliphatic carbocycles. The van der Waals surface area contributed by atoms with Gasteiger partial charge >= 0.3 is 6.03 Å². The van der Waals surface area contributed by atoms with Gasteiger partial charge in [-0.1, -0.05) is 32.9 Å². The van der Waals surface area contributed by atoms with E-state index in [1.807, 2.05) is 38.1 Å². The molecule has 0 unspecified atom stereocenters. The van der Waals surface area contributed by atoms with E-state index < -0.39 is 0 Å². The summed E-state index contributed by atoms with van der Waals surface area (Å²) in [6.07, 6.45) is 0. The van der Waals surface area contributed by atoms with Gasteiger partial charge in [0.05, 0.1) is 5.92 Å². The Kier molecular flexibility index (Phi) is 4.83. The number of hydrogen-bond donors (Lipinski definition) is 2. The summed E-state index contributed by atoms with van der Waals surface area (Å²) in [7, 11) is 0. The number of fused-ring (bicyclic) bond motifs is 1. The molecule has 114 valence electrons. The summed E-state index contributed by atoms with van der Waals surface area (Å²) in [5.41, 5.74) is 1.62. The van der Waals surface area contributed by atoms with Gasteiger partial charge in [0.1, 0.15) is 5.52 Å². The predicted octanol–water partition coefficient (Wildman–Crippen LogP) is 3.28. The van der Waals surface area contributed by atoms with Gasteiger partial charge in [0.25, 0.3) is 0 Å². The summed E-state index contributed by atoms with van der Waals surface area (Å²) in [5.74, 6) is 1.08. The minimum atomic E-state index is -0.154. The molecule has 0 saturated heterocycles. The number of benzene rings is 1. The van der Waals surface area contributed by atoms with Gasteiger partial charge in [-0.25, -0.2) is 9.78 Å². The van der Waals surface area contributed by atoms with Gasteiger partial charge < -0.3 is 15.1 Å². The standard InChI is InChI=1S/C16H23N3O2/c1-10(2)12(4)18-16(20)17-9-11(3)15-19-13-7-5-6-8-14(13)21-15/h5-8,10-12H,9H2,1-4H3,(H2,17,18,20)/t11-,12-/m1/s1. The normalized spacial score (nSPS) is 14.1. The molecule has 0 bridgehead atoms. The van der Waals surface area contributed by atoms with E-state index in [4.69, 9.17) is 4.42 Å². The Hall–Kier alpha value is -2.04. The summed E-state index contributed by atoms with van der Waals surface area (Å²) in [5, 5.41) is 5.77. The average Bonchev–Trinajstić information content (AvgIpc) is 2.88. The van der Waals surface area contributed by atoms with Crippen LogP contribution >= 0.6 is 0 Å². The lowest BCUT2D eigenvalue weighted by Gasteiger charge is -2.18. The largest absolute Gasteiger partial charge is 0.440 e. The van der Waals surface area contributed by atoms with Crippen LogP contribution in [0.1, 0.15) is 39.5 Å². The Morgan fingerprint density at radius 1 is 1.24 bits per heavy atom. The number of nitrogens with one attached hydrogen (secondary N) is 2. The zero-order chi connectivity index (χ0) is 15.4. The van der Waals surface area contributed by atoms with E-state index in [1.165, 1.54) is 0 Å². The molecule has 0 aliphatic rings. The Morgan fingerprint density at radius 3 is 2.62 bits per heavy atom. The van der Waals surface area contributed by atoms with Crippen molar-refractivity contribution in [2.24, 2.45) is 5.92 Å². The fourth-order valence-electron chi connectivity index (χ4n) is 1.86. The Labute approximate surface area is 125 Å². The van der Waals surface area contributed by atoms with Crippen LogP contribution in [0.4, 0.5) is 4.79 Å². The quantitative estimate of drug-likeness (QED) is 0.887. The summed E-state index contributed by atoms with van der Waals surface area (Å²) >= 11 is 0. The second kappa shape index (κ2) is 6.61. The van der Waals surface area contributed by atoms with Gasteiger partial charge in [-0.3, -0.25) is 0 Å². The molecule has 5 nitrogen and oxygen atoms in total. The summed E-state index contributed by atoms with van der Waals surface area (Å²) in [6, 6.07) is 7.64. The maximum absolute atomic E-state index is 11.8. The fraction of sp³-hybridized carbons (Fsp3) is 0.500. The number of carbonyl (C=O) groups excluding carboxylic acids is 1. The van der Waals surface area contributed by atoms with Crippen molar-refractivity contribution >= 4 is 17.1 Å². The molecule has 2 N–H and O–H groups in total. The van der Waals surface area contributed by atoms with Gasteiger partial charge in [0.15, 0.2) is 11.5 Å². The lowest BCUT2D eigenvalue weighted by atomic mass is 10.1. The molecular formula is C16H23N3O2. The van der Waals surface area contributed by atoms with Crippen molar-refractivity contribution in [3.8, 4) is 0 Å². The molecular weight excluding hydrogens is 266 g/mol. The van der Waals surface area contributed by atoms with Crippen LogP contribution in [0.15, 0.2) is 28.7 Å². The van der Waals surface area contributed by atoms with Crippen LogP contribution in [0.25, 0.3) is 11.1 Å². The molecule has 2 atom stereocenters. The van der Waals surface area contributed by atoms with E-state index in [2.05, 4.69) is 29.5 Å². The molecule has 0 radical (unpaired) electrons. The number of rotatable bonds is 5. The van der Waals surface area contributed by atoms with Crippen LogP contribution < -0.4 is 10.6 Å². The highest BCUT2D eigenvalue weighted by Crippen LogP contribution is 2.20. The molecule has 5 heteroatoms. The van der Waals surface area contributed by atoms with E-state index in [-0.39, 0.29) is 18.0 Å². The number of aromatic nitrogens is 1. The summed E-state index contributed by atoms with van der Waals surface area (Å²) < 4.78 is 5.70. The zero-order valence-electron chi connectivity index (χ0n) is 13.0. The zero-order valence-corrected chi connectivity index (χ0v) is 13.0. The van der Waals surface area contributed by atoms with Crippen LogP contribution in [-0.4, -0.2) is 23.6 Å².